The topological polar surface area (TPSA) is 61.8 Å². The molecule has 2 unspecified atom stereocenters. The predicted molar refractivity (Wildman–Crippen MR) is 71.0 cm³/mol. The van der Waals surface area contributed by atoms with Crippen LogP contribution in [0.4, 0.5) is 10.7 Å². The maximum Gasteiger partial charge on any atom is 0.131 e. The highest BCUT2D eigenvalue weighted by Crippen LogP contribution is 2.45. The number of nitriles is 1. The fourth-order valence-corrected chi connectivity index (χ4v) is 3.73. The Kier molecular flexibility index (Phi) is 3.31. The highest BCUT2D eigenvalue weighted by molar-refractivity contribution is 7.99. The number of anilines is 2. The molecule has 3 N–H and O–H groups in total. The van der Waals surface area contributed by atoms with Gasteiger partial charge in [-0.2, -0.15) is 5.26 Å². The van der Waals surface area contributed by atoms with E-state index in [1.165, 1.54) is 24.2 Å². The van der Waals surface area contributed by atoms with E-state index in [-0.39, 0.29) is 0 Å². The zero-order valence-electron chi connectivity index (χ0n) is 9.41. The van der Waals surface area contributed by atoms with Crippen LogP contribution in [-0.4, -0.2) is 12.3 Å². The van der Waals surface area contributed by atoms with Crippen molar-refractivity contribution in [2.24, 2.45) is 5.92 Å². The summed E-state index contributed by atoms with van der Waals surface area (Å²) >= 11 is 3.08. The molecule has 2 atom stereocenters. The van der Waals surface area contributed by atoms with Crippen LogP contribution in [0.3, 0.4) is 0 Å². The first-order chi connectivity index (χ1) is 7.71. The summed E-state index contributed by atoms with van der Waals surface area (Å²) in [6.45, 7) is 2.21. The second-order valence-corrected chi connectivity index (χ2v) is 5.81. The minimum Gasteiger partial charge on any atom is -0.396 e. The van der Waals surface area contributed by atoms with E-state index in [9.17, 15) is 0 Å². The van der Waals surface area contributed by atoms with E-state index in [2.05, 4.69) is 18.3 Å². The van der Waals surface area contributed by atoms with Crippen molar-refractivity contribution in [3.63, 3.8) is 0 Å². The molecule has 0 radical (unpaired) electrons. The lowest BCUT2D eigenvalue weighted by Crippen LogP contribution is -2.03. The van der Waals surface area contributed by atoms with Crippen LogP contribution in [0.2, 0.25) is 0 Å². The molecule has 1 aromatic heterocycles. The molecule has 3 nitrogen and oxygen atoms in total. The average Bonchev–Trinajstić information content (AvgIpc) is 2.96. The Balaban J connectivity index is 2.18. The summed E-state index contributed by atoms with van der Waals surface area (Å²) in [6, 6.07) is 2.73. The van der Waals surface area contributed by atoms with Crippen molar-refractivity contribution in [1.29, 1.82) is 5.26 Å². The number of nitrogens with zero attached hydrogens (tertiary/aromatic N) is 1. The van der Waals surface area contributed by atoms with E-state index in [4.69, 9.17) is 11.0 Å². The quantitative estimate of drug-likeness (QED) is 0.809. The summed E-state index contributed by atoms with van der Waals surface area (Å²) in [5.41, 5.74) is 6.55. The van der Waals surface area contributed by atoms with E-state index in [1.807, 2.05) is 6.26 Å². The van der Waals surface area contributed by atoms with Crippen LogP contribution in [-0.2, 0) is 0 Å². The van der Waals surface area contributed by atoms with Gasteiger partial charge in [-0.05, 0) is 18.6 Å². The Bertz CT molecular complexity index is 433. The maximum absolute atomic E-state index is 8.94. The van der Waals surface area contributed by atoms with Gasteiger partial charge in [-0.15, -0.1) is 23.1 Å². The third kappa shape index (κ3) is 2.00. The molecule has 1 aromatic rings. The zero-order chi connectivity index (χ0) is 11.7. The van der Waals surface area contributed by atoms with E-state index in [0.717, 1.165) is 15.8 Å². The van der Waals surface area contributed by atoms with Gasteiger partial charge in [-0.3, -0.25) is 0 Å². The van der Waals surface area contributed by atoms with E-state index in [0.29, 0.717) is 16.6 Å². The Morgan fingerprint density at radius 3 is 2.94 bits per heavy atom. The minimum absolute atomic E-state index is 0.584. The van der Waals surface area contributed by atoms with Gasteiger partial charge in [0.1, 0.15) is 15.9 Å². The number of hydrogen-bond donors (Lipinski definition) is 2. The number of nitrogens with one attached hydrogen (secondary N) is 1. The second-order valence-electron chi connectivity index (χ2n) is 3.97. The van der Waals surface area contributed by atoms with Gasteiger partial charge in [0, 0.05) is 6.04 Å². The molecule has 0 aliphatic heterocycles. The molecule has 2 rings (SSSR count). The molecular weight excluding hydrogens is 238 g/mol. The molecule has 86 valence electrons. The van der Waals surface area contributed by atoms with Crippen molar-refractivity contribution in [1.82, 2.24) is 0 Å². The molecular formula is C11H15N3S2. The Labute approximate surface area is 104 Å². The monoisotopic (exact) mass is 253 g/mol. The van der Waals surface area contributed by atoms with E-state index >= 15 is 0 Å². The van der Waals surface area contributed by atoms with Gasteiger partial charge in [0.15, 0.2) is 0 Å². The summed E-state index contributed by atoms with van der Waals surface area (Å²) in [5.74, 6) is 0.795. The van der Waals surface area contributed by atoms with Crippen LogP contribution in [0, 0.1) is 17.2 Å². The zero-order valence-corrected chi connectivity index (χ0v) is 11.0. The lowest BCUT2D eigenvalue weighted by Gasteiger charge is -2.04. The van der Waals surface area contributed by atoms with Gasteiger partial charge in [-0.25, -0.2) is 0 Å². The van der Waals surface area contributed by atoms with Crippen molar-refractivity contribution in [3.8, 4) is 6.07 Å². The van der Waals surface area contributed by atoms with Crippen molar-refractivity contribution < 1.29 is 0 Å². The lowest BCUT2D eigenvalue weighted by atomic mass is 10.3. The molecule has 0 saturated heterocycles. The Morgan fingerprint density at radius 2 is 2.44 bits per heavy atom. The van der Waals surface area contributed by atoms with Crippen molar-refractivity contribution >= 4 is 33.8 Å². The number of thioether (sulfide) groups is 1. The Hall–Kier alpha value is -0.860. The number of thiophene rings is 1. The minimum atomic E-state index is 0.584. The summed E-state index contributed by atoms with van der Waals surface area (Å²) in [5, 5.41) is 13.5. The van der Waals surface area contributed by atoms with Gasteiger partial charge in [0.25, 0.3) is 0 Å². The average molecular weight is 253 g/mol. The van der Waals surface area contributed by atoms with Gasteiger partial charge < -0.3 is 11.1 Å². The van der Waals surface area contributed by atoms with E-state index in [1.54, 1.807) is 11.8 Å². The number of nitrogen functional groups attached to an aromatic ring is 1. The molecule has 0 aromatic carbocycles. The Morgan fingerprint density at radius 1 is 1.69 bits per heavy atom. The first-order valence-corrected chi connectivity index (χ1v) is 7.38. The SMILES string of the molecule is CCC1CC1Nc1sc(C#N)c(N)c1SC. The molecule has 1 heterocycles. The molecule has 16 heavy (non-hydrogen) atoms. The third-order valence-corrected chi connectivity index (χ3v) is 4.97. The molecule has 5 heteroatoms. The maximum atomic E-state index is 8.94. The highest BCUT2D eigenvalue weighted by Gasteiger charge is 2.36. The van der Waals surface area contributed by atoms with Crippen LogP contribution in [0.15, 0.2) is 4.90 Å². The van der Waals surface area contributed by atoms with Crippen LogP contribution in [0.1, 0.15) is 24.6 Å². The van der Waals surface area contributed by atoms with Crippen LogP contribution in [0.25, 0.3) is 0 Å². The second kappa shape index (κ2) is 4.56. The molecule has 1 saturated carbocycles. The first-order valence-electron chi connectivity index (χ1n) is 5.34. The van der Waals surface area contributed by atoms with Crippen molar-refractivity contribution in [2.45, 2.75) is 30.7 Å². The summed E-state index contributed by atoms with van der Waals surface area (Å²) < 4.78 is 0. The number of hydrogen-bond acceptors (Lipinski definition) is 5. The van der Waals surface area contributed by atoms with Gasteiger partial charge in [0.2, 0.25) is 0 Å². The largest absolute Gasteiger partial charge is 0.396 e. The fraction of sp³-hybridized carbons (Fsp3) is 0.545. The van der Waals surface area contributed by atoms with Crippen LogP contribution < -0.4 is 11.1 Å². The molecule has 0 spiro atoms. The molecule has 1 fully saturated rings. The molecule has 0 bridgehead atoms. The molecule has 1 aliphatic rings. The third-order valence-electron chi connectivity index (χ3n) is 2.97. The normalized spacial score (nSPS) is 22.8. The van der Waals surface area contributed by atoms with Gasteiger partial charge in [-0.1, -0.05) is 13.3 Å². The van der Waals surface area contributed by atoms with E-state index < -0.39 is 0 Å². The number of rotatable bonds is 4. The summed E-state index contributed by atoms with van der Waals surface area (Å²) in [6.07, 6.45) is 4.46. The van der Waals surface area contributed by atoms with Gasteiger partial charge >= 0.3 is 0 Å². The fourth-order valence-electron chi connectivity index (χ4n) is 1.85. The van der Waals surface area contributed by atoms with Crippen molar-refractivity contribution in [2.75, 3.05) is 17.3 Å². The van der Waals surface area contributed by atoms with Crippen LogP contribution >= 0.6 is 23.1 Å². The van der Waals surface area contributed by atoms with Crippen molar-refractivity contribution in [3.05, 3.63) is 4.88 Å². The van der Waals surface area contributed by atoms with Gasteiger partial charge in [0.05, 0.1) is 10.6 Å². The molecule has 0 amide bonds. The van der Waals surface area contributed by atoms with Crippen LogP contribution in [0.5, 0.6) is 0 Å². The highest BCUT2D eigenvalue weighted by atomic mass is 32.2. The standard InChI is InChI=1S/C11H15N3S2/c1-3-6-4-7(6)14-11-10(15-2)9(13)8(5-12)16-11/h6-7,14H,3-4,13H2,1-2H3. The molecule has 1 aliphatic carbocycles. The summed E-state index contributed by atoms with van der Waals surface area (Å²) in [7, 11) is 0. The summed E-state index contributed by atoms with van der Waals surface area (Å²) in [4.78, 5) is 1.66. The predicted octanol–water partition coefficient (Wildman–Crippen LogP) is 3.13. The first kappa shape index (κ1) is 11.6. The lowest BCUT2D eigenvalue weighted by molar-refractivity contribution is 0.775. The number of nitrogens with two attached hydrogens (primary N) is 1. The smallest absolute Gasteiger partial charge is 0.131 e.